The third-order valence-electron chi connectivity index (χ3n) is 4.56. The molecule has 0 bridgehead atoms. The van der Waals surface area contributed by atoms with Crippen LogP contribution in [0.15, 0.2) is 48.5 Å². The average molecular weight is 328 g/mol. The number of aliphatic carboxylic acids is 1. The van der Waals surface area contributed by atoms with E-state index in [0.717, 1.165) is 13.1 Å². The molecule has 1 N–H and O–H groups in total. The second-order valence-corrected chi connectivity index (χ2v) is 6.10. The zero-order valence-electron chi connectivity index (χ0n) is 13.7. The van der Waals surface area contributed by atoms with Gasteiger partial charge in [0.05, 0.1) is 0 Å². The number of rotatable bonds is 4. The SMILES string of the molecule is Cc1ccccc1N1CCN(C(C(=O)O)c2ccc(F)cc2)CC1. The molecule has 0 radical (unpaired) electrons. The number of para-hydroxylation sites is 1. The van der Waals surface area contributed by atoms with Crippen LogP contribution in [-0.2, 0) is 4.79 Å². The Balaban J connectivity index is 1.73. The molecule has 126 valence electrons. The number of hydrogen-bond acceptors (Lipinski definition) is 3. The van der Waals surface area contributed by atoms with Crippen LogP contribution in [0.5, 0.6) is 0 Å². The fourth-order valence-corrected chi connectivity index (χ4v) is 3.29. The molecule has 1 fully saturated rings. The molecule has 5 heteroatoms. The Morgan fingerprint density at radius 1 is 1.04 bits per heavy atom. The minimum Gasteiger partial charge on any atom is -0.480 e. The van der Waals surface area contributed by atoms with Crippen LogP contribution in [0.4, 0.5) is 10.1 Å². The van der Waals surface area contributed by atoms with Gasteiger partial charge in [0.1, 0.15) is 11.9 Å². The van der Waals surface area contributed by atoms with Crippen molar-refractivity contribution in [3.8, 4) is 0 Å². The minimum atomic E-state index is -0.897. The number of carboxylic acids is 1. The Hall–Kier alpha value is -2.40. The molecule has 1 atom stereocenters. The molecule has 24 heavy (non-hydrogen) atoms. The summed E-state index contributed by atoms with van der Waals surface area (Å²) in [5, 5.41) is 9.63. The third-order valence-corrected chi connectivity index (χ3v) is 4.56. The highest BCUT2D eigenvalue weighted by atomic mass is 19.1. The lowest BCUT2D eigenvalue weighted by Crippen LogP contribution is -2.49. The van der Waals surface area contributed by atoms with Gasteiger partial charge in [0.25, 0.3) is 0 Å². The van der Waals surface area contributed by atoms with Gasteiger partial charge in [0, 0.05) is 31.9 Å². The van der Waals surface area contributed by atoms with E-state index < -0.39 is 12.0 Å². The molecular formula is C19H21FN2O2. The molecule has 2 aromatic rings. The van der Waals surface area contributed by atoms with E-state index >= 15 is 0 Å². The van der Waals surface area contributed by atoms with Gasteiger partial charge in [-0.05, 0) is 36.2 Å². The van der Waals surface area contributed by atoms with Crippen molar-refractivity contribution in [2.45, 2.75) is 13.0 Å². The first kappa shape index (κ1) is 16.5. The number of nitrogens with zero attached hydrogens (tertiary/aromatic N) is 2. The van der Waals surface area contributed by atoms with Crippen LogP contribution in [0.2, 0.25) is 0 Å². The highest BCUT2D eigenvalue weighted by Crippen LogP contribution is 2.26. The number of anilines is 1. The smallest absolute Gasteiger partial charge is 0.325 e. The van der Waals surface area contributed by atoms with Gasteiger partial charge in [-0.3, -0.25) is 9.69 Å². The van der Waals surface area contributed by atoms with Crippen LogP contribution in [-0.4, -0.2) is 42.2 Å². The third kappa shape index (κ3) is 3.41. The Bertz CT molecular complexity index is 710. The van der Waals surface area contributed by atoms with Crippen molar-refractivity contribution in [3.05, 3.63) is 65.5 Å². The van der Waals surface area contributed by atoms with Crippen LogP contribution >= 0.6 is 0 Å². The molecule has 1 saturated heterocycles. The molecule has 1 heterocycles. The number of piperazine rings is 1. The molecule has 4 nitrogen and oxygen atoms in total. The van der Waals surface area contributed by atoms with E-state index in [-0.39, 0.29) is 5.82 Å². The van der Waals surface area contributed by atoms with Gasteiger partial charge in [-0.25, -0.2) is 4.39 Å². The second-order valence-electron chi connectivity index (χ2n) is 6.10. The van der Waals surface area contributed by atoms with Crippen molar-refractivity contribution in [1.82, 2.24) is 4.90 Å². The minimum absolute atomic E-state index is 0.354. The molecule has 0 aliphatic carbocycles. The van der Waals surface area contributed by atoms with Crippen LogP contribution in [0.3, 0.4) is 0 Å². The summed E-state index contributed by atoms with van der Waals surface area (Å²) in [5.74, 6) is -1.25. The fourth-order valence-electron chi connectivity index (χ4n) is 3.29. The summed E-state index contributed by atoms with van der Waals surface area (Å²) in [6, 6.07) is 13.2. The summed E-state index contributed by atoms with van der Waals surface area (Å²) in [4.78, 5) is 16.0. The number of halogens is 1. The van der Waals surface area contributed by atoms with Crippen LogP contribution in [0.1, 0.15) is 17.2 Å². The zero-order valence-corrected chi connectivity index (χ0v) is 13.7. The number of hydrogen-bond donors (Lipinski definition) is 1. The van der Waals surface area contributed by atoms with Gasteiger partial charge in [0.15, 0.2) is 0 Å². The topological polar surface area (TPSA) is 43.8 Å². The van der Waals surface area contributed by atoms with Crippen LogP contribution in [0.25, 0.3) is 0 Å². The summed E-state index contributed by atoms with van der Waals surface area (Å²) in [6.45, 7) is 4.94. The summed E-state index contributed by atoms with van der Waals surface area (Å²) < 4.78 is 13.1. The molecule has 3 rings (SSSR count). The quantitative estimate of drug-likeness (QED) is 0.937. The Morgan fingerprint density at radius 3 is 2.25 bits per heavy atom. The van der Waals surface area contributed by atoms with E-state index in [1.165, 1.54) is 23.4 Å². The van der Waals surface area contributed by atoms with Gasteiger partial charge in [0.2, 0.25) is 0 Å². The monoisotopic (exact) mass is 328 g/mol. The van der Waals surface area contributed by atoms with E-state index in [1.807, 2.05) is 17.0 Å². The molecule has 2 aromatic carbocycles. The number of benzene rings is 2. The van der Waals surface area contributed by atoms with E-state index in [0.29, 0.717) is 18.7 Å². The lowest BCUT2D eigenvalue weighted by Gasteiger charge is -2.39. The van der Waals surface area contributed by atoms with E-state index in [2.05, 4.69) is 24.0 Å². The maximum atomic E-state index is 13.1. The lowest BCUT2D eigenvalue weighted by atomic mass is 10.0. The van der Waals surface area contributed by atoms with E-state index in [4.69, 9.17) is 0 Å². The highest BCUT2D eigenvalue weighted by molar-refractivity contribution is 5.75. The lowest BCUT2D eigenvalue weighted by molar-refractivity contribution is -0.143. The molecule has 0 spiro atoms. The average Bonchev–Trinajstić information content (AvgIpc) is 2.58. The van der Waals surface area contributed by atoms with Crippen molar-refractivity contribution >= 4 is 11.7 Å². The zero-order chi connectivity index (χ0) is 17.1. The van der Waals surface area contributed by atoms with Gasteiger partial charge < -0.3 is 10.0 Å². The van der Waals surface area contributed by atoms with Crippen LogP contribution in [0, 0.1) is 12.7 Å². The van der Waals surface area contributed by atoms with Crippen molar-refractivity contribution in [2.75, 3.05) is 31.1 Å². The standard InChI is InChI=1S/C19H21FN2O2/c1-14-4-2-3-5-17(14)21-10-12-22(13-11-21)18(19(23)24)15-6-8-16(20)9-7-15/h2-9,18H,10-13H2,1H3,(H,23,24). The Morgan fingerprint density at radius 2 is 1.67 bits per heavy atom. The molecule has 0 amide bonds. The number of carbonyl (C=O) groups is 1. The van der Waals surface area contributed by atoms with Crippen molar-refractivity contribution in [3.63, 3.8) is 0 Å². The predicted octanol–water partition coefficient (Wildman–Crippen LogP) is 3.08. The summed E-state index contributed by atoms with van der Waals surface area (Å²) in [7, 11) is 0. The van der Waals surface area contributed by atoms with Crippen molar-refractivity contribution in [1.29, 1.82) is 0 Å². The molecular weight excluding hydrogens is 307 g/mol. The fraction of sp³-hybridized carbons (Fsp3) is 0.316. The Labute approximate surface area is 141 Å². The molecule has 0 saturated carbocycles. The summed E-state index contributed by atoms with van der Waals surface area (Å²) in [6.07, 6.45) is 0. The van der Waals surface area contributed by atoms with Crippen LogP contribution < -0.4 is 4.90 Å². The van der Waals surface area contributed by atoms with Gasteiger partial charge in [-0.1, -0.05) is 30.3 Å². The Kier molecular flexibility index (Phi) is 4.81. The van der Waals surface area contributed by atoms with Crippen molar-refractivity contribution < 1.29 is 14.3 Å². The first-order chi connectivity index (χ1) is 11.6. The number of aryl methyl sites for hydroxylation is 1. The predicted molar refractivity (Wildman–Crippen MR) is 91.7 cm³/mol. The largest absolute Gasteiger partial charge is 0.480 e. The number of carboxylic acid groups (broad SMARTS) is 1. The van der Waals surface area contributed by atoms with Crippen molar-refractivity contribution in [2.24, 2.45) is 0 Å². The van der Waals surface area contributed by atoms with Gasteiger partial charge in [-0.2, -0.15) is 0 Å². The van der Waals surface area contributed by atoms with Gasteiger partial charge in [-0.15, -0.1) is 0 Å². The van der Waals surface area contributed by atoms with E-state index in [1.54, 1.807) is 12.1 Å². The maximum Gasteiger partial charge on any atom is 0.325 e. The normalized spacial score (nSPS) is 16.8. The molecule has 1 aliphatic heterocycles. The highest BCUT2D eigenvalue weighted by Gasteiger charge is 2.30. The first-order valence-electron chi connectivity index (χ1n) is 8.09. The first-order valence-corrected chi connectivity index (χ1v) is 8.09. The molecule has 1 unspecified atom stereocenters. The summed E-state index contributed by atoms with van der Waals surface area (Å²) in [5.41, 5.74) is 3.04. The maximum absolute atomic E-state index is 13.1. The summed E-state index contributed by atoms with van der Waals surface area (Å²) >= 11 is 0. The molecule has 1 aliphatic rings. The van der Waals surface area contributed by atoms with E-state index in [9.17, 15) is 14.3 Å². The second kappa shape index (κ2) is 7.01. The molecule has 0 aromatic heterocycles. The van der Waals surface area contributed by atoms with Gasteiger partial charge >= 0.3 is 5.97 Å².